The van der Waals surface area contributed by atoms with Crippen LogP contribution in [0.3, 0.4) is 0 Å². The summed E-state index contributed by atoms with van der Waals surface area (Å²) in [6.07, 6.45) is 46.1. The van der Waals surface area contributed by atoms with Gasteiger partial charge in [-0.3, -0.25) is 9.36 Å². The van der Waals surface area contributed by atoms with E-state index in [-0.39, 0.29) is 19.1 Å². The molecule has 328 valence electrons. The van der Waals surface area contributed by atoms with E-state index in [1.165, 1.54) is 180 Å². The van der Waals surface area contributed by atoms with Crippen molar-refractivity contribution in [3.8, 4) is 0 Å². The van der Waals surface area contributed by atoms with Crippen molar-refractivity contribution < 1.29 is 32.9 Å². The predicted molar refractivity (Wildman–Crippen MR) is 233 cm³/mol. The first-order valence-corrected chi connectivity index (χ1v) is 25.0. The predicted octanol–water partition coefficient (Wildman–Crippen LogP) is 12.5. The van der Waals surface area contributed by atoms with Crippen molar-refractivity contribution in [3.05, 3.63) is 12.2 Å². The Bertz CT molecular complexity index is 911. The number of carbonyl (C=O) groups excluding carboxylic acids is 1. The normalized spacial score (nSPS) is 14.4. The van der Waals surface area contributed by atoms with E-state index in [0.717, 1.165) is 19.3 Å². The molecule has 0 rings (SSSR count). The van der Waals surface area contributed by atoms with Gasteiger partial charge in [-0.25, -0.2) is 0 Å². The number of hydrogen-bond acceptors (Lipinski definition) is 6. The van der Waals surface area contributed by atoms with Crippen molar-refractivity contribution in [1.82, 2.24) is 5.32 Å². The fourth-order valence-corrected chi connectivity index (χ4v) is 7.74. The van der Waals surface area contributed by atoms with E-state index in [1.807, 2.05) is 34.1 Å². The second-order valence-corrected chi connectivity index (χ2v) is 18.9. The molecule has 0 heterocycles. The van der Waals surface area contributed by atoms with Gasteiger partial charge in [0, 0.05) is 6.42 Å². The zero-order valence-corrected chi connectivity index (χ0v) is 38.0. The minimum atomic E-state index is -4.55. The van der Waals surface area contributed by atoms with Gasteiger partial charge in [-0.1, -0.05) is 212 Å². The van der Waals surface area contributed by atoms with Gasteiger partial charge in [-0.2, -0.15) is 0 Å². The molecule has 0 fully saturated rings. The molecule has 0 aromatic heterocycles. The van der Waals surface area contributed by atoms with Gasteiger partial charge in [0.25, 0.3) is 7.82 Å². The number of aliphatic hydroxyl groups is 1. The standard InChI is InChI=1S/C46H93N2O6P/c1-6-8-9-10-11-12-13-14-15-16-17-18-19-20-21-22-23-24-25-26-27-28-29-30-31-32-33-34-35-36-37-38-40-45(49)44(47-46(50)39-7-2)43-54-55(51,52)53-42-41-48(3,4)5/h38,40,44-45,49H,6-37,39,41-43H2,1-5H3,(H-,47,50,51,52)/b40-38+. The number of unbranched alkanes of at least 4 members (excludes halogenated alkanes) is 30. The number of allylic oxidation sites excluding steroid dienone is 1. The molecule has 0 aromatic rings. The monoisotopic (exact) mass is 801 g/mol. The molecule has 55 heavy (non-hydrogen) atoms. The molecule has 0 saturated heterocycles. The Morgan fingerprint density at radius 2 is 0.982 bits per heavy atom. The molecule has 2 N–H and O–H groups in total. The third-order valence-corrected chi connectivity index (χ3v) is 11.7. The number of rotatable bonds is 43. The largest absolute Gasteiger partial charge is 0.756 e. The van der Waals surface area contributed by atoms with Crippen LogP contribution in [0, 0.1) is 0 Å². The lowest BCUT2D eigenvalue weighted by Gasteiger charge is -2.29. The maximum atomic E-state index is 12.2. The highest BCUT2D eigenvalue weighted by atomic mass is 31.2. The topological polar surface area (TPSA) is 108 Å². The number of hydrogen-bond donors (Lipinski definition) is 2. The summed E-state index contributed by atoms with van der Waals surface area (Å²) in [4.78, 5) is 24.4. The number of carbonyl (C=O) groups is 1. The average Bonchev–Trinajstić information content (AvgIpc) is 3.13. The summed E-state index contributed by atoms with van der Waals surface area (Å²) in [5, 5.41) is 13.4. The molecule has 0 aliphatic rings. The van der Waals surface area contributed by atoms with E-state index >= 15 is 0 Å². The van der Waals surface area contributed by atoms with Crippen molar-refractivity contribution in [2.75, 3.05) is 40.9 Å². The lowest BCUT2D eigenvalue weighted by molar-refractivity contribution is -0.870. The van der Waals surface area contributed by atoms with Gasteiger partial charge in [0.15, 0.2) is 0 Å². The minimum absolute atomic E-state index is 0.000700. The fraction of sp³-hybridized carbons (Fsp3) is 0.935. The molecule has 0 radical (unpaired) electrons. The smallest absolute Gasteiger partial charge is 0.268 e. The van der Waals surface area contributed by atoms with Gasteiger partial charge in [0.05, 0.1) is 39.9 Å². The van der Waals surface area contributed by atoms with E-state index < -0.39 is 20.0 Å². The molecule has 0 aromatic carbocycles. The summed E-state index contributed by atoms with van der Waals surface area (Å²) < 4.78 is 22.8. The van der Waals surface area contributed by atoms with Crippen molar-refractivity contribution >= 4 is 13.7 Å². The second kappa shape index (κ2) is 38.7. The van der Waals surface area contributed by atoms with E-state index in [9.17, 15) is 19.4 Å². The van der Waals surface area contributed by atoms with Crippen molar-refractivity contribution in [2.24, 2.45) is 0 Å². The van der Waals surface area contributed by atoms with Gasteiger partial charge in [0.1, 0.15) is 13.2 Å². The van der Waals surface area contributed by atoms with Gasteiger partial charge in [0.2, 0.25) is 5.91 Å². The molecular formula is C46H93N2O6P. The summed E-state index contributed by atoms with van der Waals surface area (Å²) >= 11 is 0. The number of likely N-dealkylation sites (N-methyl/N-ethyl adjacent to an activating group) is 1. The van der Waals surface area contributed by atoms with Crippen molar-refractivity contribution in [1.29, 1.82) is 0 Å². The average molecular weight is 801 g/mol. The second-order valence-electron chi connectivity index (χ2n) is 17.5. The number of nitrogens with one attached hydrogen (secondary N) is 1. The first kappa shape index (κ1) is 54.2. The molecule has 0 saturated carbocycles. The Kier molecular flexibility index (Phi) is 38.2. The molecule has 0 bridgehead atoms. The quantitative estimate of drug-likeness (QED) is 0.0275. The molecular weight excluding hydrogens is 707 g/mol. The molecule has 9 heteroatoms. The number of aliphatic hydroxyl groups excluding tert-OH is 1. The number of phosphoric ester groups is 1. The molecule has 3 atom stereocenters. The van der Waals surface area contributed by atoms with Crippen LogP contribution in [0.1, 0.15) is 226 Å². The Balaban J connectivity index is 3.67. The first-order chi connectivity index (χ1) is 26.5. The lowest BCUT2D eigenvalue weighted by atomic mass is 10.0. The SMILES string of the molecule is CCCCCCCCCCCCCCCCCCCCCCCCCCCCCCCC/C=C/C(O)C(COP(=O)([O-])OCC[N+](C)(C)C)NC(=O)CCC. The number of phosphoric acid groups is 1. The van der Waals surface area contributed by atoms with Gasteiger partial charge in [-0.05, 0) is 19.3 Å². The summed E-state index contributed by atoms with van der Waals surface area (Å²) in [5.41, 5.74) is 0. The van der Waals surface area contributed by atoms with Crippen LogP contribution in [0.4, 0.5) is 0 Å². The van der Waals surface area contributed by atoms with E-state index in [1.54, 1.807) is 6.08 Å². The Morgan fingerprint density at radius 3 is 1.33 bits per heavy atom. The third kappa shape index (κ3) is 41.2. The molecule has 3 unspecified atom stereocenters. The van der Waals surface area contributed by atoms with E-state index in [4.69, 9.17) is 9.05 Å². The van der Waals surface area contributed by atoms with Crippen LogP contribution in [-0.2, 0) is 18.4 Å². The summed E-state index contributed by atoms with van der Waals surface area (Å²) in [6, 6.07) is -0.877. The van der Waals surface area contributed by atoms with E-state index in [0.29, 0.717) is 23.9 Å². The zero-order chi connectivity index (χ0) is 40.7. The Morgan fingerprint density at radius 1 is 0.618 bits per heavy atom. The summed E-state index contributed by atoms with van der Waals surface area (Å²) in [7, 11) is 1.26. The summed E-state index contributed by atoms with van der Waals surface area (Å²) in [5.74, 6) is -0.249. The van der Waals surface area contributed by atoms with Gasteiger partial charge in [-0.15, -0.1) is 0 Å². The van der Waals surface area contributed by atoms with Crippen LogP contribution in [0.15, 0.2) is 12.2 Å². The Labute approximate surface area is 342 Å². The van der Waals surface area contributed by atoms with Crippen LogP contribution in [0.2, 0.25) is 0 Å². The summed E-state index contributed by atoms with van der Waals surface area (Å²) in [6.45, 7) is 4.30. The fourth-order valence-electron chi connectivity index (χ4n) is 7.02. The highest BCUT2D eigenvalue weighted by molar-refractivity contribution is 7.45. The van der Waals surface area contributed by atoms with E-state index in [2.05, 4.69) is 12.2 Å². The van der Waals surface area contributed by atoms with Crippen LogP contribution in [0.5, 0.6) is 0 Å². The zero-order valence-electron chi connectivity index (χ0n) is 37.1. The van der Waals surface area contributed by atoms with Crippen LogP contribution >= 0.6 is 7.82 Å². The first-order valence-electron chi connectivity index (χ1n) is 23.6. The molecule has 0 aliphatic heterocycles. The number of quaternary nitrogens is 1. The van der Waals surface area contributed by atoms with Crippen LogP contribution < -0.4 is 10.2 Å². The van der Waals surface area contributed by atoms with Crippen molar-refractivity contribution in [2.45, 2.75) is 238 Å². The highest BCUT2D eigenvalue weighted by Crippen LogP contribution is 2.38. The van der Waals surface area contributed by atoms with Crippen molar-refractivity contribution in [3.63, 3.8) is 0 Å². The third-order valence-electron chi connectivity index (χ3n) is 10.7. The number of nitrogens with zero attached hydrogens (tertiary/aromatic N) is 1. The molecule has 1 amide bonds. The minimum Gasteiger partial charge on any atom is -0.756 e. The van der Waals surface area contributed by atoms with Crippen LogP contribution in [-0.4, -0.2) is 68.5 Å². The molecule has 0 aliphatic carbocycles. The Hall–Kier alpha value is -0.760. The lowest BCUT2D eigenvalue weighted by Crippen LogP contribution is -2.45. The molecule has 8 nitrogen and oxygen atoms in total. The maximum absolute atomic E-state index is 12.2. The van der Waals surface area contributed by atoms with Crippen LogP contribution in [0.25, 0.3) is 0 Å². The highest BCUT2D eigenvalue weighted by Gasteiger charge is 2.23. The maximum Gasteiger partial charge on any atom is 0.268 e. The number of amides is 1. The van der Waals surface area contributed by atoms with Gasteiger partial charge >= 0.3 is 0 Å². The molecule has 0 spiro atoms. The van der Waals surface area contributed by atoms with Gasteiger partial charge < -0.3 is 28.8 Å².